The first kappa shape index (κ1) is 21.0. The summed E-state index contributed by atoms with van der Waals surface area (Å²) in [5.41, 5.74) is 0.530. The second kappa shape index (κ2) is 11.5. The molecule has 128 valence electrons. The predicted octanol–water partition coefficient (Wildman–Crippen LogP) is 6.38. The molecule has 0 aliphatic rings. The summed E-state index contributed by atoms with van der Waals surface area (Å²) in [6.07, 6.45) is 11.0. The van der Waals surface area contributed by atoms with Gasteiger partial charge in [0.05, 0.1) is 0 Å². The van der Waals surface area contributed by atoms with Crippen LogP contribution >= 0.6 is 0 Å². The molecule has 0 aromatic heterocycles. The van der Waals surface area contributed by atoms with Crippen molar-refractivity contribution in [1.29, 1.82) is 0 Å². The van der Waals surface area contributed by atoms with Crippen molar-refractivity contribution in [2.45, 2.75) is 92.9 Å². The highest BCUT2D eigenvalue weighted by molar-refractivity contribution is 4.74. The Morgan fingerprint density at radius 1 is 0.857 bits per heavy atom. The highest BCUT2D eigenvalue weighted by Gasteiger charge is 2.23. The fraction of sp³-hybridized carbons (Fsp3) is 1.00. The number of unbranched alkanes of at least 4 members (excludes halogenated alkanes) is 3. The Morgan fingerprint density at radius 3 is 2.00 bits per heavy atom. The molecule has 0 N–H and O–H groups in total. The van der Waals surface area contributed by atoms with Crippen molar-refractivity contribution >= 4 is 0 Å². The maximum atomic E-state index is 2.52. The Hall–Kier alpha value is -0.0400. The van der Waals surface area contributed by atoms with Crippen LogP contribution in [-0.2, 0) is 0 Å². The van der Waals surface area contributed by atoms with Crippen LogP contribution in [0.2, 0.25) is 0 Å². The fourth-order valence-corrected chi connectivity index (χ4v) is 3.00. The van der Waals surface area contributed by atoms with Crippen LogP contribution in [0.4, 0.5) is 0 Å². The lowest BCUT2D eigenvalue weighted by Gasteiger charge is -2.31. The molecule has 0 aromatic carbocycles. The second-order valence-corrected chi connectivity index (χ2v) is 8.30. The number of hydrogen-bond donors (Lipinski definition) is 0. The number of hydrogen-bond acceptors (Lipinski definition) is 1. The van der Waals surface area contributed by atoms with E-state index in [1.807, 2.05) is 0 Å². The monoisotopic (exact) mass is 297 g/mol. The minimum Gasteiger partial charge on any atom is -0.306 e. The lowest BCUT2D eigenvalue weighted by molar-refractivity contribution is 0.198. The van der Waals surface area contributed by atoms with Gasteiger partial charge in [-0.25, -0.2) is 0 Å². The van der Waals surface area contributed by atoms with Crippen molar-refractivity contribution in [3.63, 3.8) is 0 Å². The summed E-state index contributed by atoms with van der Waals surface area (Å²) >= 11 is 0. The number of rotatable bonds is 13. The molecule has 0 aliphatic carbocycles. The van der Waals surface area contributed by atoms with Crippen molar-refractivity contribution in [2.24, 2.45) is 17.3 Å². The average molecular weight is 298 g/mol. The van der Waals surface area contributed by atoms with E-state index in [1.165, 1.54) is 64.5 Å². The Kier molecular flexibility index (Phi) is 11.5. The van der Waals surface area contributed by atoms with E-state index in [0.717, 1.165) is 11.8 Å². The third-order valence-electron chi connectivity index (χ3n) is 5.38. The minimum absolute atomic E-state index is 0.530. The number of nitrogens with zero attached hydrogens (tertiary/aromatic N) is 1. The molecule has 0 bridgehead atoms. The van der Waals surface area contributed by atoms with Crippen molar-refractivity contribution in [3.8, 4) is 0 Å². The van der Waals surface area contributed by atoms with Crippen molar-refractivity contribution in [3.05, 3.63) is 0 Å². The first-order chi connectivity index (χ1) is 9.79. The second-order valence-electron chi connectivity index (χ2n) is 8.30. The molecule has 0 rings (SSSR count). The van der Waals surface area contributed by atoms with E-state index in [1.54, 1.807) is 0 Å². The lowest BCUT2D eigenvalue weighted by Crippen LogP contribution is -2.21. The van der Waals surface area contributed by atoms with E-state index in [2.05, 4.69) is 53.5 Å². The van der Waals surface area contributed by atoms with Crippen molar-refractivity contribution in [2.75, 3.05) is 20.1 Å². The summed E-state index contributed by atoms with van der Waals surface area (Å²) in [5.74, 6) is 1.71. The van der Waals surface area contributed by atoms with Crippen LogP contribution in [0.1, 0.15) is 92.9 Å². The molecule has 1 unspecified atom stereocenters. The largest absolute Gasteiger partial charge is 0.306 e. The van der Waals surface area contributed by atoms with Crippen LogP contribution < -0.4 is 0 Å². The van der Waals surface area contributed by atoms with Crippen LogP contribution in [0.3, 0.4) is 0 Å². The summed E-state index contributed by atoms with van der Waals surface area (Å²) < 4.78 is 0. The van der Waals surface area contributed by atoms with E-state index >= 15 is 0 Å². The van der Waals surface area contributed by atoms with Gasteiger partial charge in [0.2, 0.25) is 0 Å². The Balaban J connectivity index is 3.51. The summed E-state index contributed by atoms with van der Waals surface area (Å²) in [5, 5.41) is 0. The molecule has 0 aromatic rings. The quantitative estimate of drug-likeness (QED) is 0.357. The van der Waals surface area contributed by atoms with Gasteiger partial charge in [-0.3, -0.25) is 0 Å². The standard InChI is InChI=1S/C20H43N/c1-8-19(4)20(5,6)15-11-9-10-12-16-21(7)17-13-14-18(2)3/h18-19H,8-17H2,1-7H3. The van der Waals surface area contributed by atoms with E-state index in [-0.39, 0.29) is 0 Å². The first-order valence-corrected chi connectivity index (χ1v) is 9.48. The van der Waals surface area contributed by atoms with Crippen LogP contribution in [0.15, 0.2) is 0 Å². The molecule has 21 heavy (non-hydrogen) atoms. The molecule has 0 heterocycles. The highest BCUT2D eigenvalue weighted by atomic mass is 15.1. The molecule has 0 saturated heterocycles. The van der Waals surface area contributed by atoms with Crippen molar-refractivity contribution in [1.82, 2.24) is 4.90 Å². The molecule has 1 nitrogen and oxygen atoms in total. The van der Waals surface area contributed by atoms with Gasteiger partial charge in [-0.2, -0.15) is 0 Å². The molecule has 0 radical (unpaired) electrons. The van der Waals surface area contributed by atoms with Crippen LogP contribution in [0, 0.1) is 17.3 Å². The fourth-order valence-electron chi connectivity index (χ4n) is 3.00. The highest BCUT2D eigenvalue weighted by Crippen LogP contribution is 2.34. The Labute approximate surface area is 135 Å². The van der Waals surface area contributed by atoms with E-state index < -0.39 is 0 Å². The van der Waals surface area contributed by atoms with Crippen LogP contribution in [-0.4, -0.2) is 25.0 Å². The van der Waals surface area contributed by atoms with Gasteiger partial charge in [0.25, 0.3) is 0 Å². The first-order valence-electron chi connectivity index (χ1n) is 9.48. The zero-order valence-electron chi connectivity index (χ0n) is 16.2. The van der Waals surface area contributed by atoms with Crippen LogP contribution in [0.25, 0.3) is 0 Å². The summed E-state index contributed by atoms with van der Waals surface area (Å²) in [6.45, 7) is 16.8. The normalized spacial score (nSPS) is 14.1. The van der Waals surface area contributed by atoms with Gasteiger partial charge in [-0.05, 0) is 63.1 Å². The maximum Gasteiger partial charge on any atom is -0.00217 e. The minimum atomic E-state index is 0.530. The Bertz CT molecular complexity index is 232. The summed E-state index contributed by atoms with van der Waals surface area (Å²) in [7, 11) is 2.28. The predicted molar refractivity (Wildman–Crippen MR) is 97.9 cm³/mol. The van der Waals surface area contributed by atoms with Gasteiger partial charge in [-0.15, -0.1) is 0 Å². The molecule has 0 amide bonds. The van der Waals surface area contributed by atoms with E-state index in [0.29, 0.717) is 5.41 Å². The maximum absolute atomic E-state index is 2.52. The van der Waals surface area contributed by atoms with Gasteiger partial charge in [0, 0.05) is 0 Å². The van der Waals surface area contributed by atoms with E-state index in [4.69, 9.17) is 0 Å². The molecule has 0 spiro atoms. The van der Waals surface area contributed by atoms with Gasteiger partial charge in [-0.1, -0.05) is 67.2 Å². The van der Waals surface area contributed by atoms with Gasteiger partial charge >= 0.3 is 0 Å². The average Bonchev–Trinajstić information content (AvgIpc) is 2.41. The molecular weight excluding hydrogens is 254 g/mol. The van der Waals surface area contributed by atoms with Gasteiger partial charge in [0.15, 0.2) is 0 Å². The smallest absolute Gasteiger partial charge is 0.00217 e. The zero-order chi connectivity index (χ0) is 16.3. The zero-order valence-corrected chi connectivity index (χ0v) is 16.2. The third-order valence-corrected chi connectivity index (χ3v) is 5.38. The van der Waals surface area contributed by atoms with Crippen LogP contribution in [0.5, 0.6) is 0 Å². The summed E-state index contributed by atoms with van der Waals surface area (Å²) in [4.78, 5) is 2.52. The lowest BCUT2D eigenvalue weighted by atomic mass is 9.75. The SMILES string of the molecule is CCC(C)C(C)(C)CCCCCCN(C)CCCC(C)C. The van der Waals surface area contributed by atoms with Gasteiger partial charge < -0.3 is 4.90 Å². The Morgan fingerprint density at radius 2 is 1.43 bits per heavy atom. The molecule has 1 heteroatoms. The van der Waals surface area contributed by atoms with Crippen molar-refractivity contribution < 1.29 is 0 Å². The molecule has 0 saturated carbocycles. The molecule has 0 aliphatic heterocycles. The topological polar surface area (TPSA) is 3.24 Å². The van der Waals surface area contributed by atoms with Gasteiger partial charge in [0.1, 0.15) is 0 Å². The molecule has 1 atom stereocenters. The summed E-state index contributed by atoms with van der Waals surface area (Å²) in [6, 6.07) is 0. The third kappa shape index (κ3) is 11.2. The molecular formula is C20H43N. The molecule has 0 fully saturated rings. The van der Waals surface area contributed by atoms with E-state index in [9.17, 15) is 0 Å².